The van der Waals surface area contributed by atoms with Crippen LogP contribution in [0.3, 0.4) is 0 Å². The van der Waals surface area contributed by atoms with Crippen molar-refractivity contribution in [2.75, 3.05) is 0 Å². The Morgan fingerprint density at radius 3 is 2.18 bits per heavy atom. The third kappa shape index (κ3) is 6.50. The summed E-state index contributed by atoms with van der Waals surface area (Å²) in [7, 11) is 0. The summed E-state index contributed by atoms with van der Waals surface area (Å²) >= 11 is 0. The minimum Gasteiger partial charge on any atom is -0.305 e. The van der Waals surface area contributed by atoms with Gasteiger partial charge in [-0.15, -0.1) is 59.7 Å². The quantitative estimate of drug-likeness (QED) is 0.196. The van der Waals surface area contributed by atoms with Gasteiger partial charge in [0.25, 0.3) is 0 Å². The zero-order valence-corrected chi connectivity index (χ0v) is 20.7. The molecule has 5 rings (SSSR count). The Hall–Kier alpha value is -3.53. The van der Waals surface area contributed by atoms with Crippen molar-refractivity contribution in [1.29, 1.82) is 0 Å². The van der Waals surface area contributed by atoms with Crippen molar-refractivity contribution in [2.45, 2.75) is 6.92 Å². The van der Waals surface area contributed by atoms with E-state index in [1.165, 1.54) is 17.2 Å². The number of benzene rings is 3. The van der Waals surface area contributed by atoms with E-state index < -0.39 is 11.6 Å². The minimum atomic E-state index is -0.977. The van der Waals surface area contributed by atoms with Crippen LogP contribution in [0.4, 0.5) is 8.78 Å². The summed E-state index contributed by atoms with van der Waals surface area (Å²) in [4.78, 5) is 8.50. The number of aryl methyl sites for hydroxylation is 1. The van der Waals surface area contributed by atoms with Gasteiger partial charge in [0.2, 0.25) is 0 Å². The number of hydrogen-bond donors (Lipinski definition) is 0. The molecule has 1 radical (unpaired) electrons. The second-order valence-electron chi connectivity index (χ2n) is 7.33. The van der Waals surface area contributed by atoms with Crippen molar-refractivity contribution in [3.8, 4) is 33.6 Å². The van der Waals surface area contributed by atoms with Crippen LogP contribution in [0.25, 0.3) is 33.6 Å². The standard InChI is InChI=1S/C17H12N.C12H8F2N.Ir/c1-3-7-14(8-4-1)16-11-12-18-17(13-16)15-9-5-2-6-10-15;1-8-2-5-12(15-7-8)9-3-4-10(13)11(14)6-9;/h1-9,11-13H;2-5,7H,1H3;/q2*-1;. The zero-order chi connectivity index (χ0) is 23.0. The van der Waals surface area contributed by atoms with Gasteiger partial charge in [-0.1, -0.05) is 48.5 Å². The average molecular weight is 627 g/mol. The average Bonchev–Trinajstić information content (AvgIpc) is 2.88. The van der Waals surface area contributed by atoms with Gasteiger partial charge in [-0.05, 0) is 41.1 Å². The van der Waals surface area contributed by atoms with Crippen LogP contribution in [0.1, 0.15) is 5.56 Å². The Morgan fingerprint density at radius 2 is 1.50 bits per heavy atom. The number of hydrogen-bond acceptors (Lipinski definition) is 2. The molecule has 2 heterocycles. The van der Waals surface area contributed by atoms with Crippen molar-refractivity contribution in [3.63, 3.8) is 0 Å². The number of pyridine rings is 2. The van der Waals surface area contributed by atoms with E-state index in [0.717, 1.165) is 22.9 Å². The van der Waals surface area contributed by atoms with Gasteiger partial charge < -0.3 is 9.97 Å². The Balaban J connectivity index is 0.000000188. The van der Waals surface area contributed by atoms with Crippen LogP contribution < -0.4 is 0 Å². The van der Waals surface area contributed by atoms with Gasteiger partial charge in [-0.2, -0.15) is 0 Å². The molecule has 2 nitrogen and oxygen atoms in total. The number of halogens is 2. The predicted molar refractivity (Wildman–Crippen MR) is 127 cm³/mol. The van der Waals surface area contributed by atoms with E-state index in [9.17, 15) is 8.78 Å². The van der Waals surface area contributed by atoms with Crippen molar-refractivity contribution in [1.82, 2.24) is 9.97 Å². The molecule has 5 aromatic rings. The molecule has 0 saturated carbocycles. The fraction of sp³-hybridized carbons (Fsp3) is 0.0345. The zero-order valence-electron chi connectivity index (χ0n) is 18.3. The molecule has 0 N–H and O–H groups in total. The SMILES string of the molecule is Cc1ccc(-c2[c-]c(F)c(F)cc2)nc1.[Ir].[c-]1ccccc1-c1cc(-c2ccccc2)ccn1. The Morgan fingerprint density at radius 1 is 0.706 bits per heavy atom. The van der Waals surface area contributed by atoms with Crippen LogP contribution in [-0.2, 0) is 20.1 Å². The van der Waals surface area contributed by atoms with Gasteiger partial charge in [0, 0.05) is 32.5 Å². The summed E-state index contributed by atoms with van der Waals surface area (Å²) in [5.74, 6) is -1.87. The van der Waals surface area contributed by atoms with Gasteiger partial charge in [-0.25, -0.2) is 4.39 Å². The molecule has 0 fully saturated rings. The van der Waals surface area contributed by atoms with Gasteiger partial charge >= 0.3 is 0 Å². The maximum Gasteiger partial charge on any atom is 0.0751 e. The largest absolute Gasteiger partial charge is 0.305 e. The summed E-state index contributed by atoms with van der Waals surface area (Å²) in [5, 5.41) is 0. The van der Waals surface area contributed by atoms with Gasteiger partial charge in [0.1, 0.15) is 0 Å². The van der Waals surface area contributed by atoms with Crippen LogP contribution >= 0.6 is 0 Å². The van der Waals surface area contributed by atoms with E-state index in [4.69, 9.17) is 0 Å². The molecule has 0 aliphatic carbocycles. The second kappa shape index (κ2) is 12.1. The molecule has 171 valence electrons. The third-order valence-corrected chi connectivity index (χ3v) is 4.89. The van der Waals surface area contributed by atoms with Gasteiger partial charge in [-0.3, -0.25) is 4.39 Å². The number of rotatable bonds is 3. The molecule has 5 heteroatoms. The maximum atomic E-state index is 12.9. The van der Waals surface area contributed by atoms with Crippen molar-refractivity contribution in [3.05, 3.63) is 133 Å². The fourth-order valence-electron chi connectivity index (χ4n) is 3.17. The topological polar surface area (TPSA) is 25.8 Å². The van der Waals surface area contributed by atoms with Crippen molar-refractivity contribution < 1.29 is 28.9 Å². The molecule has 0 unspecified atom stereocenters. The van der Waals surface area contributed by atoms with E-state index in [2.05, 4.69) is 40.3 Å². The molecule has 0 aliphatic rings. The molecular formula is C29H20F2IrN2-2. The van der Waals surface area contributed by atoms with Crippen LogP contribution in [0.2, 0.25) is 0 Å². The van der Waals surface area contributed by atoms with Crippen molar-refractivity contribution in [2.24, 2.45) is 0 Å². The molecular weight excluding hydrogens is 607 g/mol. The van der Waals surface area contributed by atoms with Crippen LogP contribution in [-0.4, -0.2) is 9.97 Å². The summed E-state index contributed by atoms with van der Waals surface area (Å²) < 4.78 is 25.5. The summed E-state index contributed by atoms with van der Waals surface area (Å²) in [6.45, 7) is 1.91. The maximum absolute atomic E-state index is 12.9. The smallest absolute Gasteiger partial charge is 0.0751 e. The van der Waals surface area contributed by atoms with Crippen LogP contribution in [0.5, 0.6) is 0 Å². The molecule has 0 amide bonds. The molecule has 0 spiro atoms. The molecule has 0 atom stereocenters. The van der Waals surface area contributed by atoms with Crippen molar-refractivity contribution >= 4 is 0 Å². The second-order valence-corrected chi connectivity index (χ2v) is 7.33. The minimum absolute atomic E-state index is 0. The first-order chi connectivity index (χ1) is 16.1. The Bertz CT molecular complexity index is 1270. The van der Waals surface area contributed by atoms with Gasteiger partial charge in [0.15, 0.2) is 0 Å². The predicted octanol–water partition coefficient (Wildman–Crippen LogP) is 7.35. The number of aromatic nitrogens is 2. The molecule has 0 saturated heterocycles. The van der Waals surface area contributed by atoms with Crippen LogP contribution in [0.15, 0.2) is 103 Å². The monoisotopic (exact) mass is 627 g/mol. The molecule has 0 aliphatic heterocycles. The molecule has 2 aromatic heterocycles. The van der Waals surface area contributed by atoms with E-state index >= 15 is 0 Å². The fourth-order valence-corrected chi connectivity index (χ4v) is 3.17. The van der Waals surface area contributed by atoms with E-state index in [0.29, 0.717) is 11.3 Å². The number of nitrogens with zero attached hydrogens (tertiary/aromatic N) is 2. The summed E-state index contributed by atoms with van der Waals surface area (Å²) in [6, 6.07) is 34.0. The first-order valence-electron chi connectivity index (χ1n) is 10.4. The molecule has 0 bridgehead atoms. The van der Waals surface area contributed by atoms with E-state index in [-0.39, 0.29) is 20.1 Å². The first kappa shape index (κ1) is 25.1. The third-order valence-electron chi connectivity index (χ3n) is 4.89. The summed E-state index contributed by atoms with van der Waals surface area (Å²) in [5.41, 5.74) is 6.41. The molecule has 34 heavy (non-hydrogen) atoms. The normalized spacial score (nSPS) is 9.97. The van der Waals surface area contributed by atoms with E-state index in [1.807, 2.05) is 67.7 Å². The summed E-state index contributed by atoms with van der Waals surface area (Å²) in [6.07, 6.45) is 3.52. The first-order valence-corrected chi connectivity index (χ1v) is 10.4. The van der Waals surface area contributed by atoms with E-state index in [1.54, 1.807) is 12.3 Å². The molecule has 3 aromatic carbocycles. The van der Waals surface area contributed by atoms with Gasteiger partial charge in [0.05, 0.1) is 11.6 Å². The Kier molecular flexibility index (Phi) is 8.92. The Labute approximate surface area is 211 Å². The van der Waals surface area contributed by atoms with Crippen LogP contribution in [0, 0.1) is 30.7 Å².